The van der Waals surface area contributed by atoms with Gasteiger partial charge in [-0.25, -0.2) is 9.97 Å². The van der Waals surface area contributed by atoms with Crippen molar-refractivity contribution in [1.29, 1.82) is 0 Å². The number of piperazine rings is 1. The summed E-state index contributed by atoms with van der Waals surface area (Å²) in [5.41, 5.74) is 2.60. The third kappa shape index (κ3) is 2.25. The highest BCUT2D eigenvalue weighted by Gasteiger charge is 2.19. The van der Waals surface area contributed by atoms with Crippen LogP contribution >= 0.6 is 0 Å². The molecule has 0 amide bonds. The lowest BCUT2D eigenvalue weighted by Gasteiger charge is -2.30. The van der Waals surface area contributed by atoms with E-state index in [1.807, 2.05) is 0 Å². The summed E-state index contributed by atoms with van der Waals surface area (Å²) in [6, 6.07) is 0. The second-order valence-corrected chi connectivity index (χ2v) is 4.61. The Morgan fingerprint density at radius 1 is 0.941 bits per heavy atom. The monoisotopic (exact) mass is 233 g/mol. The number of nitrogens with one attached hydrogen (secondary N) is 2. The number of anilines is 1. The molecule has 1 saturated heterocycles. The number of rotatable bonds is 1. The first kappa shape index (κ1) is 10.9. The molecule has 17 heavy (non-hydrogen) atoms. The number of fused-ring (bicyclic) bond motifs is 1. The van der Waals surface area contributed by atoms with E-state index in [0.29, 0.717) is 0 Å². The lowest BCUT2D eigenvalue weighted by Crippen LogP contribution is -2.44. The van der Waals surface area contributed by atoms with Crippen molar-refractivity contribution in [3.05, 3.63) is 17.6 Å². The van der Waals surface area contributed by atoms with Crippen molar-refractivity contribution in [2.45, 2.75) is 12.8 Å². The number of hydrogen-bond donors (Lipinski definition) is 2. The molecule has 1 aromatic heterocycles. The molecule has 92 valence electrons. The van der Waals surface area contributed by atoms with Gasteiger partial charge in [-0.2, -0.15) is 0 Å². The topological polar surface area (TPSA) is 53.1 Å². The predicted octanol–water partition coefficient (Wildman–Crippen LogP) is -0.426. The molecule has 0 radical (unpaired) electrons. The van der Waals surface area contributed by atoms with E-state index in [0.717, 1.165) is 52.1 Å². The van der Waals surface area contributed by atoms with Gasteiger partial charge in [0.15, 0.2) is 0 Å². The molecule has 2 N–H and O–H groups in total. The van der Waals surface area contributed by atoms with Crippen molar-refractivity contribution in [3.63, 3.8) is 0 Å². The smallest absolute Gasteiger partial charge is 0.135 e. The fourth-order valence-corrected chi connectivity index (χ4v) is 2.60. The Morgan fingerprint density at radius 2 is 1.71 bits per heavy atom. The summed E-state index contributed by atoms with van der Waals surface area (Å²) in [4.78, 5) is 11.3. The lowest BCUT2D eigenvalue weighted by molar-refractivity contribution is 0.582. The molecule has 1 fully saturated rings. The molecule has 2 aliphatic heterocycles. The van der Waals surface area contributed by atoms with E-state index in [-0.39, 0.29) is 0 Å². The first-order chi connectivity index (χ1) is 8.45. The van der Waals surface area contributed by atoms with Crippen molar-refractivity contribution in [2.75, 3.05) is 44.2 Å². The molecule has 0 aliphatic carbocycles. The Hall–Kier alpha value is -1.20. The summed E-state index contributed by atoms with van der Waals surface area (Å²) in [6.07, 6.45) is 3.80. The van der Waals surface area contributed by atoms with Crippen LogP contribution in [0, 0.1) is 0 Å². The quantitative estimate of drug-likeness (QED) is 0.690. The normalized spacial score (nSPS) is 20.8. The highest BCUT2D eigenvalue weighted by atomic mass is 15.2. The molecule has 0 saturated carbocycles. The summed E-state index contributed by atoms with van der Waals surface area (Å²) in [6.45, 7) is 6.28. The minimum Gasteiger partial charge on any atom is -0.354 e. The highest BCUT2D eigenvalue weighted by molar-refractivity contribution is 5.49. The zero-order valence-electron chi connectivity index (χ0n) is 10.1. The maximum atomic E-state index is 4.52. The summed E-state index contributed by atoms with van der Waals surface area (Å²) in [7, 11) is 0. The van der Waals surface area contributed by atoms with Gasteiger partial charge in [0, 0.05) is 44.7 Å². The summed E-state index contributed by atoms with van der Waals surface area (Å²) < 4.78 is 0. The van der Waals surface area contributed by atoms with Crippen LogP contribution in [0.3, 0.4) is 0 Å². The third-order valence-corrected chi connectivity index (χ3v) is 3.52. The molecular weight excluding hydrogens is 214 g/mol. The first-order valence-electron chi connectivity index (χ1n) is 6.44. The van der Waals surface area contributed by atoms with Gasteiger partial charge >= 0.3 is 0 Å². The first-order valence-corrected chi connectivity index (χ1v) is 6.44. The van der Waals surface area contributed by atoms with Gasteiger partial charge in [-0.1, -0.05) is 0 Å². The van der Waals surface area contributed by atoms with Crippen molar-refractivity contribution in [3.8, 4) is 0 Å². The molecule has 0 bridgehead atoms. The summed E-state index contributed by atoms with van der Waals surface area (Å²) in [5, 5.41) is 6.81. The molecule has 0 aromatic carbocycles. The number of nitrogens with zero attached hydrogens (tertiary/aromatic N) is 3. The van der Waals surface area contributed by atoms with Crippen LogP contribution in [-0.4, -0.2) is 49.2 Å². The van der Waals surface area contributed by atoms with E-state index in [2.05, 4.69) is 25.5 Å². The van der Waals surface area contributed by atoms with Crippen LogP contribution < -0.4 is 15.5 Å². The largest absolute Gasteiger partial charge is 0.354 e. The van der Waals surface area contributed by atoms with Gasteiger partial charge in [-0.15, -0.1) is 0 Å². The third-order valence-electron chi connectivity index (χ3n) is 3.52. The standard InChI is InChI=1S/C12H19N5/c1-3-13-4-2-11-10(1)12(16-9-15-11)17-7-5-14-6-8-17/h9,13-14H,1-8H2. The Bertz CT molecular complexity index is 386. The molecule has 3 rings (SSSR count). The average Bonchev–Trinajstić information content (AvgIpc) is 2.64. The van der Waals surface area contributed by atoms with Gasteiger partial charge in [0.2, 0.25) is 0 Å². The SMILES string of the molecule is c1nc2c(c(N3CCNCC3)n1)CCNCC2. The van der Waals surface area contributed by atoms with E-state index in [1.165, 1.54) is 17.1 Å². The minimum atomic E-state index is 1.02. The maximum Gasteiger partial charge on any atom is 0.135 e. The van der Waals surface area contributed by atoms with E-state index in [4.69, 9.17) is 0 Å². The Kier molecular flexibility index (Phi) is 3.20. The van der Waals surface area contributed by atoms with Crippen molar-refractivity contribution in [2.24, 2.45) is 0 Å². The van der Waals surface area contributed by atoms with Crippen LogP contribution in [0.25, 0.3) is 0 Å². The molecule has 0 spiro atoms. The molecule has 3 heterocycles. The van der Waals surface area contributed by atoms with Gasteiger partial charge < -0.3 is 15.5 Å². The molecular formula is C12H19N5. The van der Waals surface area contributed by atoms with Crippen LogP contribution in [0.2, 0.25) is 0 Å². The van der Waals surface area contributed by atoms with Gasteiger partial charge in [-0.3, -0.25) is 0 Å². The molecule has 0 unspecified atom stereocenters. The maximum absolute atomic E-state index is 4.52. The van der Waals surface area contributed by atoms with E-state index >= 15 is 0 Å². The minimum absolute atomic E-state index is 1.02. The van der Waals surface area contributed by atoms with Crippen LogP contribution in [0.15, 0.2) is 6.33 Å². The van der Waals surface area contributed by atoms with E-state index in [9.17, 15) is 0 Å². The summed E-state index contributed by atoms with van der Waals surface area (Å²) in [5.74, 6) is 1.17. The molecule has 5 nitrogen and oxygen atoms in total. The molecule has 5 heteroatoms. The summed E-state index contributed by atoms with van der Waals surface area (Å²) >= 11 is 0. The molecule has 2 aliphatic rings. The van der Waals surface area contributed by atoms with E-state index < -0.39 is 0 Å². The average molecular weight is 233 g/mol. The molecule has 0 atom stereocenters. The molecule has 1 aromatic rings. The van der Waals surface area contributed by atoms with Crippen molar-refractivity contribution >= 4 is 5.82 Å². The van der Waals surface area contributed by atoms with Crippen LogP contribution in [0.1, 0.15) is 11.3 Å². The Morgan fingerprint density at radius 3 is 2.59 bits per heavy atom. The highest BCUT2D eigenvalue weighted by Crippen LogP contribution is 2.22. The van der Waals surface area contributed by atoms with Gasteiger partial charge in [-0.05, 0) is 13.0 Å². The van der Waals surface area contributed by atoms with Gasteiger partial charge in [0.1, 0.15) is 12.1 Å². The van der Waals surface area contributed by atoms with Crippen LogP contribution in [-0.2, 0) is 12.8 Å². The van der Waals surface area contributed by atoms with Crippen molar-refractivity contribution < 1.29 is 0 Å². The Balaban J connectivity index is 1.92. The predicted molar refractivity (Wildman–Crippen MR) is 67.4 cm³/mol. The van der Waals surface area contributed by atoms with Crippen molar-refractivity contribution in [1.82, 2.24) is 20.6 Å². The second kappa shape index (κ2) is 4.98. The van der Waals surface area contributed by atoms with Crippen LogP contribution in [0.5, 0.6) is 0 Å². The zero-order chi connectivity index (χ0) is 11.5. The second-order valence-electron chi connectivity index (χ2n) is 4.61. The Labute approximate surface area is 102 Å². The fourth-order valence-electron chi connectivity index (χ4n) is 2.60. The number of aromatic nitrogens is 2. The lowest BCUT2D eigenvalue weighted by atomic mass is 10.1. The van der Waals surface area contributed by atoms with Crippen LogP contribution in [0.4, 0.5) is 5.82 Å². The fraction of sp³-hybridized carbons (Fsp3) is 0.667. The zero-order valence-corrected chi connectivity index (χ0v) is 10.1. The van der Waals surface area contributed by atoms with Gasteiger partial charge in [0.25, 0.3) is 0 Å². The number of hydrogen-bond acceptors (Lipinski definition) is 5. The van der Waals surface area contributed by atoms with Gasteiger partial charge in [0.05, 0.1) is 5.69 Å². The van der Waals surface area contributed by atoms with E-state index in [1.54, 1.807) is 6.33 Å².